The third kappa shape index (κ3) is 3.07. The van der Waals surface area contributed by atoms with Gasteiger partial charge in [0.2, 0.25) is 0 Å². The summed E-state index contributed by atoms with van der Waals surface area (Å²) < 4.78 is 5.46. The number of nitrogens with zero attached hydrogens (tertiary/aromatic N) is 1. The minimum atomic E-state index is -0.0115. The number of benzene rings is 1. The zero-order valence-electron chi connectivity index (χ0n) is 11.0. The fraction of sp³-hybridized carbons (Fsp3) is 0.533. The molecule has 0 aliphatic carbocycles. The predicted octanol–water partition coefficient (Wildman–Crippen LogP) is 1.28. The van der Waals surface area contributed by atoms with E-state index in [1.165, 1.54) is 25.9 Å². The molecule has 3 fully saturated rings. The highest BCUT2D eigenvalue weighted by Gasteiger charge is 2.34. The monoisotopic (exact) mass is 260 g/mol. The van der Waals surface area contributed by atoms with Crippen molar-refractivity contribution < 1.29 is 9.53 Å². The number of rotatable bonds is 4. The Morgan fingerprint density at radius 1 is 1.26 bits per heavy atom. The lowest BCUT2D eigenvalue weighted by molar-refractivity contribution is -0.125. The molecule has 2 bridgehead atoms. The van der Waals surface area contributed by atoms with Crippen LogP contribution in [-0.2, 0) is 4.79 Å². The normalized spacial score (nSPS) is 28.9. The molecule has 4 heteroatoms. The van der Waals surface area contributed by atoms with Gasteiger partial charge in [-0.25, -0.2) is 0 Å². The number of carbonyl (C=O) groups excluding carboxylic acids is 1. The van der Waals surface area contributed by atoms with E-state index < -0.39 is 0 Å². The Balaban J connectivity index is 1.46. The molecule has 1 N–H and O–H groups in total. The van der Waals surface area contributed by atoms with Crippen LogP contribution in [0, 0.1) is 5.92 Å². The van der Waals surface area contributed by atoms with Gasteiger partial charge in [-0.3, -0.25) is 4.79 Å². The molecule has 3 saturated heterocycles. The van der Waals surface area contributed by atoms with Gasteiger partial charge in [0.1, 0.15) is 5.75 Å². The smallest absolute Gasteiger partial charge is 0.258 e. The third-order valence-electron chi connectivity index (χ3n) is 4.12. The molecule has 1 aromatic carbocycles. The van der Waals surface area contributed by atoms with Gasteiger partial charge in [0.05, 0.1) is 0 Å². The Kier molecular flexibility index (Phi) is 3.69. The molecule has 0 radical (unpaired) electrons. The molecular formula is C15H20N2O2. The van der Waals surface area contributed by atoms with Gasteiger partial charge in [-0.1, -0.05) is 18.2 Å². The molecule has 0 spiro atoms. The van der Waals surface area contributed by atoms with Crippen LogP contribution in [0.15, 0.2) is 30.3 Å². The van der Waals surface area contributed by atoms with Crippen molar-refractivity contribution in [1.29, 1.82) is 0 Å². The van der Waals surface area contributed by atoms with Crippen LogP contribution < -0.4 is 10.1 Å². The number of nitrogens with one attached hydrogen (secondary N) is 1. The molecule has 1 amide bonds. The Morgan fingerprint density at radius 3 is 2.63 bits per heavy atom. The van der Waals surface area contributed by atoms with E-state index in [2.05, 4.69) is 10.2 Å². The molecule has 1 unspecified atom stereocenters. The minimum Gasteiger partial charge on any atom is -0.484 e. The Morgan fingerprint density at radius 2 is 2.00 bits per heavy atom. The van der Waals surface area contributed by atoms with E-state index in [0.717, 1.165) is 12.3 Å². The lowest BCUT2D eigenvalue weighted by Gasteiger charge is -2.44. The van der Waals surface area contributed by atoms with Gasteiger partial charge in [-0.2, -0.15) is 0 Å². The van der Waals surface area contributed by atoms with Crippen LogP contribution in [0.4, 0.5) is 0 Å². The van der Waals surface area contributed by atoms with E-state index in [1.807, 2.05) is 30.3 Å². The summed E-state index contributed by atoms with van der Waals surface area (Å²) >= 11 is 0. The summed E-state index contributed by atoms with van der Waals surface area (Å²) in [5.41, 5.74) is 0. The van der Waals surface area contributed by atoms with Crippen LogP contribution in [0.2, 0.25) is 0 Å². The number of hydrogen-bond donors (Lipinski definition) is 1. The first-order valence-electron chi connectivity index (χ1n) is 7.01. The van der Waals surface area contributed by atoms with Gasteiger partial charge in [0, 0.05) is 12.6 Å². The summed E-state index contributed by atoms with van der Waals surface area (Å²) in [6.07, 6.45) is 2.43. The quantitative estimate of drug-likeness (QED) is 0.886. The van der Waals surface area contributed by atoms with Gasteiger partial charge in [-0.05, 0) is 44.0 Å². The molecule has 1 atom stereocenters. The summed E-state index contributed by atoms with van der Waals surface area (Å²) in [4.78, 5) is 14.3. The number of piperidine rings is 3. The largest absolute Gasteiger partial charge is 0.484 e. The fourth-order valence-electron chi connectivity index (χ4n) is 3.04. The first-order valence-corrected chi connectivity index (χ1v) is 7.01. The number of fused-ring (bicyclic) bond motifs is 3. The lowest BCUT2D eigenvalue weighted by atomic mass is 9.84. The zero-order chi connectivity index (χ0) is 13.1. The SMILES string of the molecule is O=C(COc1ccccc1)NC1CN2CCC1CC2. The van der Waals surface area contributed by atoms with E-state index >= 15 is 0 Å². The Labute approximate surface area is 113 Å². The first kappa shape index (κ1) is 12.5. The average Bonchev–Trinajstić information content (AvgIpc) is 2.47. The Hall–Kier alpha value is -1.55. The second kappa shape index (κ2) is 5.61. The maximum atomic E-state index is 11.9. The van der Waals surface area contributed by atoms with Crippen molar-refractivity contribution in [3.05, 3.63) is 30.3 Å². The highest BCUT2D eigenvalue weighted by Crippen LogP contribution is 2.27. The number of hydrogen-bond acceptors (Lipinski definition) is 3. The maximum absolute atomic E-state index is 11.9. The van der Waals surface area contributed by atoms with Crippen LogP contribution in [0.25, 0.3) is 0 Å². The molecule has 3 aliphatic rings. The van der Waals surface area contributed by atoms with E-state index in [1.54, 1.807) is 0 Å². The predicted molar refractivity (Wildman–Crippen MR) is 73.0 cm³/mol. The van der Waals surface area contributed by atoms with Crippen molar-refractivity contribution >= 4 is 5.91 Å². The summed E-state index contributed by atoms with van der Waals surface area (Å²) in [6, 6.07) is 9.78. The van der Waals surface area contributed by atoms with Crippen molar-refractivity contribution in [3.8, 4) is 5.75 Å². The number of ether oxygens (including phenoxy) is 1. The van der Waals surface area contributed by atoms with E-state index in [4.69, 9.17) is 4.74 Å². The highest BCUT2D eigenvalue weighted by molar-refractivity contribution is 5.77. The molecule has 3 aliphatic heterocycles. The van der Waals surface area contributed by atoms with E-state index in [9.17, 15) is 4.79 Å². The fourth-order valence-corrected chi connectivity index (χ4v) is 3.04. The second-order valence-electron chi connectivity index (χ2n) is 5.41. The lowest BCUT2D eigenvalue weighted by Crippen LogP contribution is -2.57. The van der Waals surface area contributed by atoms with Crippen molar-refractivity contribution in [3.63, 3.8) is 0 Å². The molecule has 0 saturated carbocycles. The average molecular weight is 260 g/mol. The van der Waals surface area contributed by atoms with Gasteiger partial charge < -0.3 is 15.0 Å². The standard InChI is InChI=1S/C15H20N2O2/c18-15(11-19-13-4-2-1-3-5-13)16-14-10-17-8-6-12(14)7-9-17/h1-5,12,14H,6-11H2,(H,16,18). The topological polar surface area (TPSA) is 41.6 Å². The Bertz CT molecular complexity index is 427. The summed E-state index contributed by atoms with van der Waals surface area (Å²) in [5, 5.41) is 3.11. The number of carbonyl (C=O) groups is 1. The van der Waals surface area contributed by atoms with Gasteiger partial charge >= 0.3 is 0 Å². The van der Waals surface area contributed by atoms with Crippen molar-refractivity contribution in [2.45, 2.75) is 18.9 Å². The summed E-state index contributed by atoms with van der Waals surface area (Å²) in [6.45, 7) is 3.49. The molecule has 0 aromatic heterocycles. The van der Waals surface area contributed by atoms with Gasteiger partial charge in [-0.15, -0.1) is 0 Å². The zero-order valence-corrected chi connectivity index (χ0v) is 11.0. The number of amides is 1. The van der Waals surface area contributed by atoms with Crippen molar-refractivity contribution in [1.82, 2.24) is 10.2 Å². The molecule has 1 aromatic rings. The van der Waals surface area contributed by atoms with Gasteiger partial charge in [0.15, 0.2) is 6.61 Å². The third-order valence-corrected chi connectivity index (χ3v) is 4.12. The number of para-hydroxylation sites is 1. The molecule has 4 nitrogen and oxygen atoms in total. The highest BCUT2D eigenvalue weighted by atomic mass is 16.5. The molecule has 19 heavy (non-hydrogen) atoms. The second-order valence-corrected chi connectivity index (χ2v) is 5.41. The van der Waals surface area contributed by atoms with E-state index in [0.29, 0.717) is 12.0 Å². The summed E-state index contributed by atoms with van der Waals surface area (Å²) in [5.74, 6) is 1.39. The van der Waals surface area contributed by atoms with Crippen LogP contribution in [0.5, 0.6) is 5.75 Å². The van der Waals surface area contributed by atoms with Crippen LogP contribution in [0.3, 0.4) is 0 Å². The van der Waals surface area contributed by atoms with Crippen LogP contribution >= 0.6 is 0 Å². The minimum absolute atomic E-state index is 0.0115. The molecular weight excluding hydrogens is 240 g/mol. The molecule has 4 rings (SSSR count). The van der Waals surface area contributed by atoms with E-state index in [-0.39, 0.29) is 12.5 Å². The maximum Gasteiger partial charge on any atom is 0.258 e. The van der Waals surface area contributed by atoms with Crippen LogP contribution in [0.1, 0.15) is 12.8 Å². The molecule has 3 heterocycles. The first-order chi connectivity index (χ1) is 9.31. The summed E-state index contributed by atoms with van der Waals surface area (Å²) in [7, 11) is 0. The van der Waals surface area contributed by atoms with Crippen LogP contribution in [-0.4, -0.2) is 43.1 Å². The van der Waals surface area contributed by atoms with Crippen molar-refractivity contribution in [2.75, 3.05) is 26.2 Å². The van der Waals surface area contributed by atoms with Crippen molar-refractivity contribution in [2.24, 2.45) is 5.92 Å². The molecule has 102 valence electrons. The van der Waals surface area contributed by atoms with Gasteiger partial charge in [0.25, 0.3) is 5.91 Å².